The molecule has 2 heterocycles. The minimum Gasteiger partial charge on any atom is -0.497 e. The van der Waals surface area contributed by atoms with Gasteiger partial charge in [-0.3, -0.25) is 4.79 Å². The van der Waals surface area contributed by atoms with Crippen molar-refractivity contribution in [3.05, 3.63) is 113 Å². The molecule has 0 aliphatic carbocycles. The number of rotatable bonds is 9. The molecule has 9 nitrogen and oxygen atoms in total. The fraction of sp³-hybridized carbons (Fsp3) is 0.182. The highest BCUT2D eigenvalue weighted by molar-refractivity contribution is 7.89. The molecule has 224 valence electrons. The molecule has 0 radical (unpaired) electrons. The van der Waals surface area contributed by atoms with E-state index in [1.54, 1.807) is 19.4 Å². The zero-order valence-electron chi connectivity index (χ0n) is 24.2. The van der Waals surface area contributed by atoms with Crippen LogP contribution >= 0.6 is 11.3 Å². The Bertz CT molecular complexity index is 1940. The number of benzene rings is 4. The van der Waals surface area contributed by atoms with Crippen LogP contribution in [0.5, 0.6) is 11.5 Å². The van der Waals surface area contributed by atoms with E-state index in [0.717, 1.165) is 21.6 Å². The fourth-order valence-electron chi connectivity index (χ4n) is 4.96. The summed E-state index contributed by atoms with van der Waals surface area (Å²) < 4.78 is 40.2. The van der Waals surface area contributed by atoms with Crippen LogP contribution in [-0.2, 0) is 23.0 Å². The van der Waals surface area contributed by atoms with Gasteiger partial charge in [-0.25, -0.2) is 13.4 Å². The number of carbonyl (C=O) groups is 1. The van der Waals surface area contributed by atoms with Crippen LogP contribution in [-0.4, -0.2) is 50.1 Å². The minimum absolute atomic E-state index is 0.130. The van der Waals surface area contributed by atoms with Crippen LogP contribution in [0.15, 0.2) is 101 Å². The van der Waals surface area contributed by atoms with E-state index in [2.05, 4.69) is 10.1 Å². The number of anilines is 1. The zero-order chi connectivity index (χ0) is 30.7. The number of methoxy groups -OCH3 is 1. The Kier molecular flexibility index (Phi) is 8.42. The number of nitrogens with zero attached hydrogens (tertiary/aromatic N) is 4. The highest BCUT2D eigenvalue weighted by Crippen LogP contribution is 2.33. The Morgan fingerprint density at radius 1 is 1.00 bits per heavy atom. The van der Waals surface area contributed by atoms with Gasteiger partial charge in [0, 0.05) is 18.7 Å². The first-order valence-corrected chi connectivity index (χ1v) is 16.3. The van der Waals surface area contributed by atoms with E-state index in [1.165, 1.54) is 50.5 Å². The maximum absolute atomic E-state index is 13.9. The number of ether oxygens (including phenoxy) is 2. The predicted molar refractivity (Wildman–Crippen MR) is 172 cm³/mol. The van der Waals surface area contributed by atoms with Crippen LogP contribution in [0.25, 0.3) is 10.2 Å². The highest BCUT2D eigenvalue weighted by atomic mass is 32.2. The molecule has 0 atom stereocenters. The normalized spacial score (nSPS) is 13.6. The molecule has 1 aliphatic rings. The van der Waals surface area contributed by atoms with Gasteiger partial charge in [-0.2, -0.15) is 14.4 Å². The molecule has 5 aromatic rings. The molecule has 1 aromatic heterocycles. The molecule has 0 bridgehead atoms. The number of aromatic nitrogens is 1. The van der Waals surface area contributed by atoms with E-state index in [1.807, 2.05) is 67.6 Å². The first kappa shape index (κ1) is 29.5. The van der Waals surface area contributed by atoms with Crippen LogP contribution in [0.2, 0.25) is 0 Å². The largest absolute Gasteiger partial charge is 0.497 e. The number of carbonyl (C=O) groups excluding carboxylic acids is 1. The van der Waals surface area contributed by atoms with Gasteiger partial charge in [-0.1, -0.05) is 35.6 Å². The summed E-state index contributed by atoms with van der Waals surface area (Å²) in [6.45, 7) is 3.19. The summed E-state index contributed by atoms with van der Waals surface area (Å²) in [5, 5.41) is 6.13. The number of fused-ring (bicyclic) bond motifs is 2. The van der Waals surface area contributed by atoms with Crippen molar-refractivity contribution in [2.45, 2.75) is 24.8 Å². The van der Waals surface area contributed by atoms with Gasteiger partial charge in [0.15, 0.2) is 0 Å². The van der Waals surface area contributed by atoms with E-state index in [-0.39, 0.29) is 10.5 Å². The van der Waals surface area contributed by atoms with E-state index in [9.17, 15) is 13.2 Å². The van der Waals surface area contributed by atoms with Crippen LogP contribution < -0.4 is 14.5 Å². The van der Waals surface area contributed by atoms with Gasteiger partial charge in [0.2, 0.25) is 15.2 Å². The van der Waals surface area contributed by atoms with E-state index >= 15 is 0 Å². The second-order valence-corrected chi connectivity index (χ2v) is 13.0. The van der Waals surface area contributed by atoms with Crippen molar-refractivity contribution < 1.29 is 22.7 Å². The van der Waals surface area contributed by atoms with Crippen LogP contribution in [0.4, 0.5) is 5.13 Å². The van der Waals surface area contributed by atoms with Crippen molar-refractivity contribution in [2.24, 2.45) is 5.10 Å². The average Bonchev–Trinajstić information content (AvgIpc) is 3.48. The van der Waals surface area contributed by atoms with Gasteiger partial charge in [0.1, 0.15) is 11.5 Å². The third kappa shape index (κ3) is 6.07. The number of thiazole rings is 1. The SMILES string of the molecule is CCOc1ccc(/C=N/N(C(=O)c2ccc(S(=O)(=O)N3CCc4ccccc4C3)cc2)c2nc3ccc(OC)cc3s2)cc1. The lowest BCUT2D eigenvalue weighted by atomic mass is 10.0. The smallest absolute Gasteiger partial charge is 0.280 e. The highest BCUT2D eigenvalue weighted by Gasteiger charge is 2.29. The first-order chi connectivity index (χ1) is 21.4. The number of hydrogen-bond donors (Lipinski definition) is 0. The summed E-state index contributed by atoms with van der Waals surface area (Å²) in [7, 11) is -2.16. The monoisotopic (exact) mass is 626 g/mol. The molecular formula is C33H30N4O5S2. The quantitative estimate of drug-likeness (QED) is 0.144. The Morgan fingerprint density at radius 2 is 1.73 bits per heavy atom. The summed E-state index contributed by atoms with van der Waals surface area (Å²) in [4.78, 5) is 18.7. The molecule has 6 rings (SSSR count). The van der Waals surface area contributed by atoms with Crippen molar-refractivity contribution in [3.8, 4) is 11.5 Å². The molecule has 0 spiro atoms. The fourth-order valence-corrected chi connectivity index (χ4v) is 7.33. The number of sulfonamides is 1. The Hall–Kier alpha value is -4.58. The van der Waals surface area contributed by atoms with Crippen LogP contribution in [0.3, 0.4) is 0 Å². The van der Waals surface area contributed by atoms with Gasteiger partial charge in [0.25, 0.3) is 5.91 Å². The molecular weight excluding hydrogens is 597 g/mol. The van der Waals surface area contributed by atoms with Crippen LogP contribution in [0.1, 0.15) is 34.0 Å². The lowest BCUT2D eigenvalue weighted by Crippen LogP contribution is -2.36. The van der Waals surface area contributed by atoms with Crippen molar-refractivity contribution in [2.75, 3.05) is 25.3 Å². The van der Waals surface area contributed by atoms with Gasteiger partial charge in [0.05, 0.1) is 35.0 Å². The Labute approximate surface area is 260 Å². The summed E-state index contributed by atoms with van der Waals surface area (Å²) >= 11 is 1.30. The molecule has 1 aliphatic heterocycles. The Morgan fingerprint density at radius 3 is 2.45 bits per heavy atom. The molecule has 0 saturated heterocycles. The average molecular weight is 627 g/mol. The summed E-state index contributed by atoms with van der Waals surface area (Å²) in [6.07, 6.45) is 2.23. The second-order valence-electron chi connectivity index (χ2n) is 10.1. The second kappa shape index (κ2) is 12.6. The third-order valence-corrected chi connectivity index (χ3v) is 10.2. The molecule has 0 N–H and O–H groups in total. The van der Waals surface area contributed by atoms with Crippen LogP contribution in [0, 0.1) is 0 Å². The number of amides is 1. The third-order valence-electron chi connectivity index (χ3n) is 7.31. The maximum atomic E-state index is 13.9. The lowest BCUT2D eigenvalue weighted by Gasteiger charge is -2.28. The topological polar surface area (TPSA) is 101 Å². The number of hydrazone groups is 1. The standard InChI is InChI=1S/C33H30N4O5S2/c1-3-42-27-12-8-23(9-13-27)21-34-37(33-35-30-17-14-28(41-2)20-31(30)43-33)32(38)25-10-15-29(16-11-25)44(39,40)36-19-18-24-6-4-5-7-26(24)22-36/h4-17,20-21H,3,18-19,22H2,1-2H3/b34-21+. The molecule has 11 heteroatoms. The lowest BCUT2D eigenvalue weighted by molar-refractivity contribution is 0.0987. The van der Waals surface area contributed by atoms with Gasteiger partial charge in [-0.05, 0) is 96.8 Å². The first-order valence-electron chi connectivity index (χ1n) is 14.1. The van der Waals surface area contributed by atoms with E-state index in [4.69, 9.17) is 9.47 Å². The van der Waals surface area contributed by atoms with Gasteiger partial charge < -0.3 is 9.47 Å². The van der Waals surface area contributed by atoms with Crippen molar-refractivity contribution in [3.63, 3.8) is 0 Å². The molecule has 4 aromatic carbocycles. The molecule has 44 heavy (non-hydrogen) atoms. The zero-order valence-corrected chi connectivity index (χ0v) is 25.8. The summed E-state index contributed by atoms with van der Waals surface area (Å²) in [5.41, 5.74) is 3.90. The molecule has 0 unspecified atom stereocenters. The molecule has 1 amide bonds. The summed E-state index contributed by atoms with van der Waals surface area (Å²) in [5.74, 6) is 0.966. The van der Waals surface area contributed by atoms with Crippen molar-refractivity contribution in [1.82, 2.24) is 9.29 Å². The molecule has 0 saturated carbocycles. The van der Waals surface area contributed by atoms with Crippen molar-refractivity contribution in [1.29, 1.82) is 0 Å². The number of hydrogen-bond acceptors (Lipinski definition) is 8. The minimum atomic E-state index is -3.75. The predicted octanol–water partition coefficient (Wildman–Crippen LogP) is 6.13. The van der Waals surface area contributed by atoms with Gasteiger partial charge >= 0.3 is 0 Å². The van der Waals surface area contributed by atoms with Crippen molar-refractivity contribution >= 4 is 48.8 Å². The Balaban J connectivity index is 1.29. The van der Waals surface area contributed by atoms with Gasteiger partial charge in [-0.15, -0.1) is 0 Å². The van der Waals surface area contributed by atoms with E-state index < -0.39 is 15.9 Å². The summed E-state index contributed by atoms with van der Waals surface area (Å²) in [6, 6.07) is 26.7. The molecule has 0 fully saturated rings. The maximum Gasteiger partial charge on any atom is 0.280 e. The van der Waals surface area contributed by atoms with E-state index in [0.29, 0.717) is 42.5 Å².